The molecular weight excluding hydrogens is 366 g/mol. The van der Waals surface area contributed by atoms with Crippen molar-refractivity contribution >= 4 is 33.5 Å². The van der Waals surface area contributed by atoms with Crippen molar-refractivity contribution in [3.63, 3.8) is 0 Å². The van der Waals surface area contributed by atoms with Gasteiger partial charge in [0, 0.05) is 24.7 Å². The number of benzene rings is 1. The second-order valence-electron chi connectivity index (χ2n) is 6.11. The number of amides is 1. The Balaban J connectivity index is 1.62. The molecule has 8 heteroatoms. The molecule has 0 fully saturated rings. The third-order valence-electron chi connectivity index (χ3n) is 4.00. The summed E-state index contributed by atoms with van der Waals surface area (Å²) in [6, 6.07) is 9.45. The number of furan rings is 1. The number of carbonyl (C=O) groups is 1. The van der Waals surface area contributed by atoms with Crippen LogP contribution in [0.15, 0.2) is 63.0 Å². The predicted molar refractivity (Wildman–Crippen MR) is 104 cm³/mol. The summed E-state index contributed by atoms with van der Waals surface area (Å²) in [4.78, 5) is 16.3. The van der Waals surface area contributed by atoms with Gasteiger partial charge in [0.2, 0.25) is 5.91 Å². The third-order valence-corrected chi connectivity index (χ3v) is 5.40. The van der Waals surface area contributed by atoms with Crippen molar-refractivity contribution in [1.82, 2.24) is 4.72 Å². The van der Waals surface area contributed by atoms with E-state index in [1.54, 1.807) is 30.3 Å². The molecule has 7 nitrogen and oxygen atoms in total. The number of carbonyl (C=O) groups excluding carboxylic acids is 1. The van der Waals surface area contributed by atoms with E-state index in [0.717, 1.165) is 19.3 Å². The van der Waals surface area contributed by atoms with Crippen molar-refractivity contribution in [2.24, 2.45) is 4.99 Å². The molecule has 1 aliphatic rings. The van der Waals surface area contributed by atoms with E-state index < -0.39 is 10.0 Å². The van der Waals surface area contributed by atoms with Crippen LogP contribution in [0.5, 0.6) is 0 Å². The molecule has 0 radical (unpaired) electrons. The average Bonchev–Trinajstić information content (AvgIpc) is 3.04. The summed E-state index contributed by atoms with van der Waals surface area (Å²) in [7, 11) is -3.68. The number of nitrogens with zero attached hydrogens (tertiary/aromatic N) is 1. The van der Waals surface area contributed by atoms with Gasteiger partial charge in [-0.25, -0.2) is 8.42 Å². The van der Waals surface area contributed by atoms with Crippen LogP contribution in [-0.4, -0.2) is 26.7 Å². The lowest BCUT2D eigenvalue weighted by Crippen LogP contribution is -2.30. The summed E-state index contributed by atoms with van der Waals surface area (Å²) in [5.74, 6) is 0.736. The molecule has 0 unspecified atom stereocenters. The molecule has 0 atom stereocenters. The predicted octanol–water partition coefficient (Wildman–Crippen LogP) is 3.18. The first-order valence-electron chi connectivity index (χ1n) is 8.72. The second-order valence-corrected chi connectivity index (χ2v) is 7.79. The number of anilines is 1. The largest absolute Gasteiger partial charge is 0.465 e. The van der Waals surface area contributed by atoms with Crippen molar-refractivity contribution in [2.45, 2.75) is 30.6 Å². The maximum atomic E-state index is 12.5. The first-order chi connectivity index (χ1) is 13.0. The maximum Gasteiger partial charge on any atom is 0.262 e. The Bertz CT molecular complexity index is 930. The molecule has 0 bridgehead atoms. The van der Waals surface area contributed by atoms with Gasteiger partial charge >= 0.3 is 0 Å². The fourth-order valence-electron chi connectivity index (χ4n) is 2.62. The molecule has 142 valence electrons. The lowest BCUT2D eigenvalue weighted by molar-refractivity contribution is -0.111. The maximum absolute atomic E-state index is 12.5. The van der Waals surface area contributed by atoms with Crippen LogP contribution in [0, 0.1) is 0 Å². The minimum Gasteiger partial charge on any atom is -0.465 e. The monoisotopic (exact) mass is 387 g/mol. The van der Waals surface area contributed by atoms with E-state index in [0.29, 0.717) is 30.2 Å². The van der Waals surface area contributed by atoms with Gasteiger partial charge in [-0.1, -0.05) is 6.42 Å². The van der Waals surface area contributed by atoms with Gasteiger partial charge in [0.1, 0.15) is 11.6 Å². The number of aliphatic imine (C=N–C) groups is 1. The normalized spacial score (nSPS) is 15.2. The van der Waals surface area contributed by atoms with Gasteiger partial charge < -0.3 is 9.73 Å². The van der Waals surface area contributed by atoms with Crippen molar-refractivity contribution < 1.29 is 17.6 Å². The van der Waals surface area contributed by atoms with Crippen molar-refractivity contribution in [1.29, 1.82) is 0 Å². The van der Waals surface area contributed by atoms with Crippen LogP contribution in [0.1, 0.15) is 31.4 Å². The summed E-state index contributed by atoms with van der Waals surface area (Å²) in [5, 5.41) is 2.67. The summed E-state index contributed by atoms with van der Waals surface area (Å²) in [6.45, 7) is 0.647. The van der Waals surface area contributed by atoms with Gasteiger partial charge in [-0.05, 0) is 55.3 Å². The Morgan fingerprint density at radius 2 is 1.93 bits per heavy atom. The quantitative estimate of drug-likeness (QED) is 0.770. The zero-order valence-corrected chi connectivity index (χ0v) is 15.5. The van der Waals surface area contributed by atoms with Gasteiger partial charge in [0.25, 0.3) is 10.0 Å². The van der Waals surface area contributed by atoms with E-state index >= 15 is 0 Å². The van der Waals surface area contributed by atoms with Crippen LogP contribution in [0.25, 0.3) is 6.08 Å². The molecule has 3 rings (SSSR count). The molecule has 2 aromatic rings. The fourth-order valence-corrected chi connectivity index (χ4v) is 3.71. The Kier molecular flexibility index (Phi) is 6.08. The Morgan fingerprint density at radius 1 is 1.11 bits per heavy atom. The second kappa shape index (κ2) is 8.68. The summed E-state index contributed by atoms with van der Waals surface area (Å²) in [6.07, 6.45) is 8.00. The molecule has 1 aromatic heterocycles. The fraction of sp³-hybridized carbons (Fsp3) is 0.263. The highest BCUT2D eigenvalue weighted by Crippen LogP contribution is 2.15. The number of amidine groups is 1. The van der Waals surface area contributed by atoms with Crippen molar-refractivity contribution in [3.8, 4) is 0 Å². The zero-order valence-electron chi connectivity index (χ0n) is 14.7. The highest BCUT2D eigenvalue weighted by atomic mass is 32.2. The molecular formula is C19H21N3O4S. The number of sulfonamides is 1. The molecule has 0 aliphatic carbocycles. The molecule has 27 heavy (non-hydrogen) atoms. The van der Waals surface area contributed by atoms with Gasteiger partial charge in [0.05, 0.1) is 11.2 Å². The third kappa shape index (κ3) is 5.55. The van der Waals surface area contributed by atoms with Gasteiger partial charge in [-0.2, -0.15) is 0 Å². The number of hydrogen-bond acceptors (Lipinski definition) is 5. The number of rotatable bonds is 5. The van der Waals surface area contributed by atoms with Crippen LogP contribution >= 0.6 is 0 Å². The number of nitrogens with one attached hydrogen (secondary N) is 2. The SMILES string of the molecule is O=C(C=Cc1ccco1)Nc1ccc(S(=O)(=O)NC2=NCCCCC2)cc1. The lowest BCUT2D eigenvalue weighted by atomic mass is 10.2. The van der Waals surface area contributed by atoms with Gasteiger partial charge in [-0.3, -0.25) is 14.5 Å². The molecule has 1 amide bonds. The smallest absolute Gasteiger partial charge is 0.262 e. The summed E-state index contributed by atoms with van der Waals surface area (Å²) < 4.78 is 32.6. The Labute approximate surface area is 158 Å². The Hall–Kier alpha value is -2.87. The topological polar surface area (TPSA) is 101 Å². The van der Waals surface area contributed by atoms with Crippen molar-refractivity contribution in [3.05, 3.63) is 54.5 Å². The average molecular weight is 387 g/mol. The number of hydrogen-bond donors (Lipinski definition) is 2. The molecule has 1 aliphatic heterocycles. The molecule has 0 spiro atoms. The molecule has 2 heterocycles. The van der Waals surface area contributed by atoms with E-state index in [2.05, 4.69) is 15.0 Å². The lowest BCUT2D eigenvalue weighted by Gasteiger charge is -2.10. The standard InChI is InChI=1S/C19H21N3O4S/c23-19(12-9-16-5-4-14-26-16)21-15-7-10-17(11-8-15)27(24,25)22-18-6-2-1-3-13-20-18/h4-5,7-12,14H,1-3,6,13H2,(H,20,22)(H,21,23). The zero-order chi connectivity index (χ0) is 19.1. The van der Waals surface area contributed by atoms with E-state index in [4.69, 9.17) is 4.42 Å². The first-order valence-corrected chi connectivity index (χ1v) is 10.2. The first kappa shape index (κ1) is 18.9. The van der Waals surface area contributed by atoms with Gasteiger partial charge in [-0.15, -0.1) is 0 Å². The molecule has 0 saturated heterocycles. The highest BCUT2D eigenvalue weighted by Gasteiger charge is 2.17. The minimum atomic E-state index is -3.68. The van der Waals surface area contributed by atoms with E-state index in [1.807, 2.05) is 0 Å². The van der Waals surface area contributed by atoms with Crippen LogP contribution in [0.3, 0.4) is 0 Å². The molecule has 2 N–H and O–H groups in total. The van der Waals surface area contributed by atoms with Crippen LogP contribution in [0.4, 0.5) is 5.69 Å². The summed E-state index contributed by atoms with van der Waals surface area (Å²) in [5.41, 5.74) is 0.495. The van der Waals surface area contributed by atoms with E-state index in [9.17, 15) is 13.2 Å². The minimum absolute atomic E-state index is 0.124. The van der Waals surface area contributed by atoms with E-state index in [-0.39, 0.29) is 10.8 Å². The van der Waals surface area contributed by atoms with Crippen molar-refractivity contribution in [2.75, 3.05) is 11.9 Å². The molecule has 1 aromatic carbocycles. The van der Waals surface area contributed by atoms with E-state index in [1.165, 1.54) is 24.5 Å². The Morgan fingerprint density at radius 3 is 2.67 bits per heavy atom. The van der Waals surface area contributed by atoms with Gasteiger partial charge in [0.15, 0.2) is 0 Å². The van der Waals surface area contributed by atoms with Crippen LogP contribution in [0.2, 0.25) is 0 Å². The van der Waals surface area contributed by atoms with Crippen LogP contribution in [-0.2, 0) is 14.8 Å². The summed E-state index contributed by atoms with van der Waals surface area (Å²) >= 11 is 0. The van der Waals surface area contributed by atoms with Crippen LogP contribution < -0.4 is 10.0 Å². The molecule has 0 saturated carbocycles. The highest BCUT2D eigenvalue weighted by molar-refractivity contribution is 7.90.